The van der Waals surface area contributed by atoms with Gasteiger partial charge in [0.25, 0.3) is 6.43 Å². The molecule has 138 valence electrons. The van der Waals surface area contributed by atoms with Gasteiger partial charge >= 0.3 is 18.1 Å². The van der Waals surface area contributed by atoms with Crippen molar-refractivity contribution in [2.24, 2.45) is 5.92 Å². The van der Waals surface area contributed by atoms with Crippen LogP contribution in [-0.2, 0) is 10.9 Å². The maximum Gasteiger partial charge on any atom is 0.434 e. The number of carbonyl (C=O) groups is 2. The molecule has 1 aliphatic rings. The molecule has 6 nitrogen and oxygen atoms in total. The van der Waals surface area contributed by atoms with E-state index in [1.54, 1.807) is 0 Å². The summed E-state index contributed by atoms with van der Waals surface area (Å²) in [6.45, 7) is 0.0360. The third kappa shape index (κ3) is 3.97. The first-order valence-electron chi connectivity index (χ1n) is 7.06. The number of aromatic carboxylic acids is 1. The number of halogens is 5. The predicted molar refractivity (Wildman–Crippen MR) is 73.7 cm³/mol. The highest BCUT2D eigenvalue weighted by molar-refractivity contribution is 6.05. The quantitative estimate of drug-likeness (QED) is 0.591. The smallest absolute Gasteiger partial charge is 0.434 e. The number of aromatic nitrogens is 1. The van der Waals surface area contributed by atoms with Gasteiger partial charge in [-0.1, -0.05) is 0 Å². The average molecular weight is 368 g/mol. The van der Waals surface area contributed by atoms with Crippen LogP contribution in [0.3, 0.4) is 0 Å². The third-order valence-corrected chi connectivity index (χ3v) is 3.57. The molecule has 2 rings (SSSR count). The fourth-order valence-electron chi connectivity index (χ4n) is 2.23. The maximum absolute atomic E-state index is 13.2. The van der Waals surface area contributed by atoms with Gasteiger partial charge in [0.1, 0.15) is 16.8 Å². The average Bonchev–Trinajstić information content (AvgIpc) is 3.33. The molecule has 0 aliphatic heterocycles. The summed E-state index contributed by atoms with van der Waals surface area (Å²) in [4.78, 5) is 26.0. The first-order valence-corrected chi connectivity index (χ1v) is 7.06. The van der Waals surface area contributed by atoms with Gasteiger partial charge in [-0.2, -0.15) is 13.2 Å². The molecule has 0 saturated heterocycles. The second kappa shape index (κ2) is 6.81. The molecular formula is C14H13F5N2O4. The van der Waals surface area contributed by atoms with Crippen molar-refractivity contribution in [2.75, 3.05) is 19.0 Å². The van der Waals surface area contributed by atoms with Gasteiger partial charge in [-0.3, -0.25) is 0 Å². The molecule has 2 N–H and O–H groups in total. The Morgan fingerprint density at radius 3 is 2.32 bits per heavy atom. The van der Waals surface area contributed by atoms with Crippen LogP contribution in [-0.4, -0.2) is 35.7 Å². The molecule has 11 heteroatoms. The second-order valence-corrected chi connectivity index (χ2v) is 5.39. The second-order valence-electron chi connectivity index (χ2n) is 5.39. The summed E-state index contributed by atoms with van der Waals surface area (Å²) in [5.41, 5.74) is -6.74. The Kier molecular flexibility index (Phi) is 5.14. The maximum atomic E-state index is 13.2. The van der Waals surface area contributed by atoms with Crippen molar-refractivity contribution in [2.45, 2.75) is 25.4 Å². The van der Waals surface area contributed by atoms with Gasteiger partial charge in [0.2, 0.25) is 0 Å². The Hall–Kier alpha value is -2.46. The van der Waals surface area contributed by atoms with Crippen LogP contribution in [0.15, 0.2) is 0 Å². The van der Waals surface area contributed by atoms with Crippen LogP contribution in [0.1, 0.15) is 51.4 Å². The minimum atomic E-state index is -5.30. The Morgan fingerprint density at radius 1 is 1.32 bits per heavy atom. The topological polar surface area (TPSA) is 88.5 Å². The highest BCUT2D eigenvalue weighted by Gasteiger charge is 2.43. The zero-order valence-corrected chi connectivity index (χ0v) is 12.8. The minimum Gasteiger partial charge on any atom is -0.478 e. The Morgan fingerprint density at radius 2 is 1.92 bits per heavy atom. The lowest BCUT2D eigenvalue weighted by Gasteiger charge is -2.20. The number of carboxylic acids is 1. The van der Waals surface area contributed by atoms with Gasteiger partial charge in [0, 0.05) is 6.54 Å². The van der Waals surface area contributed by atoms with E-state index in [1.807, 2.05) is 0 Å². The SMILES string of the molecule is COC(=O)c1c(C(F)F)nc(C(F)(F)F)c(C(=O)O)c1NCC1CC1. The summed E-state index contributed by atoms with van der Waals surface area (Å²) in [6.07, 6.45) is -7.34. The summed E-state index contributed by atoms with van der Waals surface area (Å²) in [5.74, 6) is -3.40. The van der Waals surface area contributed by atoms with E-state index >= 15 is 0 Å². The van der Waals surface area contributed by atoms with E-state index in [-0.39, 0.29) is 12.5 Å². The van der Waals surface area contributed by atoms with E-state index in [4.69, 9.17) is 0 Å². The molecule has 1 aromatic heterocycles. The lowest BCUT2D eigenvalue weighted by Crippen LogP contribution is -2.24. The van der Waals surface area contributed by atoms with Crippen LogP contribution < -0.4 is 5.32 Å². The van der Waals surface area contributed by atoms with Crippen molar-refractivity contribution in [3.63, 3.8) is 0 Å². The van der Waals surface area contributed by atoms with E-state index in [0.717, 1.165) is 20.0 Å². The molecule has 1 heterocycles. The number of pyridine rings is 1. The number of nitrogens with zero attached hydrogens (tertiary/aromatic N) is 1. The van der Waals surface area contributed by atoms with E-state index < -0.39 is 52.7 Å². The molecular weight excluding hydrogens is 355 g/mol. The number of hydrogen-bond acceptors (Lipinski definition) is 5. The number of ether oxygens (including phenoxy) is 1. The molecule has 0 radical (unpaired) electrons. The number of alkyl halides is 5. The first kappa shape index (κ1) is 18.9. The van der Waals surface area contributed by atoms with Crippen LogP contribution in [0.4, 0.5) is 27.6 Å². The molecule has 1 saturated carbocycles. The van der Waals surface area contributed by atoms with Crippen LogP contribution in [0, 0.1) is 5.92 Å². The van der Waals surface area contributed by atoms with Crippen LogP contribution in [0.2, 0.25) is 0 Å². The van der Waals surface area contributed by atoms with Gasteiger partial charge in [0.05, 0.1) is 12.8 Å². The summed E-state index contributed by atoms with van der Waals surface area (Å²) < 4.78 is 70.2. The number of anilines is 1. The number of carboxylic acid groups (broad SMARTS) is 1. The van der Waals surface area contributed by atoms with Crippen molar-refractivity contribution in [1.82, 2.24) is 4.98 Å². The predicted octanol–water partition coefficient (Wildman–Crippen LogP) is 3.34. The van der Waals surface area contributed by atoms with Crippen molar-refractivity contribution in [1.29, 1.82) is 0 Å². The molecule has 0 aromatic carbocycles. The standard InChI is InChI=1S/C14H13F5N2O4/c1-25-13(24)6-8(20-4-5-2-3-5)7(12(22)23)10(14(17,18)19)21-9(6)11(15)16/h5,11H,2-4H2,1H3,(H,20,21)(H,22,23). The van der Waals surface area contributed by atoms with Crippen LogP contribution in [0.25, 0.3) is 0 Å². The fourth-order valence-corrected chi connectivity index (χ4v) is 2.23. The molecule has 1 fully saturated rings. The molecule has 25 heavy (non-hydrogen) atoms. The summed E-state index contributed by atoms with van der Waals surface area (Å²) in [7, 11) is 0.834. The molecule has 0 amide bonds. The minimum absolute atomic E-state index is 0.0360. The van der Waals surface area contributed by atoms with Gasteiger partial charge in [0.15, 0.2) is 5.69 Å². The number of carbonyl (C=O) groups excluding carboxylic acids is 1. The molecule has 1 aromatic rings. The Bertz CT molecular complexity index is 701. The zero-order valence-electron chi connectivity index (χ0n) is 12.8. The van der Waals surface area contributed by atoms with Crippen molar-refractivity contribution < 1.29 is 41.4 Å². The molecule has 0 unspecified atom stereocenters. The van der Waals surface area contributed by atoms with Crippen molar-refractivity contribution >= 4 is 17.6 Å². The largest absolute Gasteiger partial charge is 0.478 e. The number of rotatable bonds is 6. The van der Waals surface area contributed by atoms with Crippen molar-refractivity contribution in [3.8, 4) is 0 Å². The highest BCUT2D eigenvalue weighted by atomic mass is 19.4. The number of hydrogen-bond donors (Lipinski definition) is 2. The number of methoxy groups -OCH3 is 1. The zero-order chi connectivity index (χ0) is 18.9. The van der Waals surface area contributed by atoms with Gasteiger partial charge in [-0.05, 0) is 18.8 Å². The number of esters is 1. The van der Waals surface area contributed by atoms with Gasteiger partial charge in [-0.15, -0.1) is 0 Å². The normalized spacial score (nSPS) is 14.5. The highest BCUT2D eigenvalue weighted by Crippen LogP contribution is 2.40. The number of nitrogens with one attached hydrogen (secondary N) is 1. The molecule has 0 spiro atoms. The first-order chi connectivity index (χ1) is 11.6. The summed E-state index contributed by atoms with van der Waals surface area (Å²) in [6, 6.07) is 0. The van der Waals surface area contributed by atoms with E-state index in [9.17, 15) is 36.6 Å². The van der Waals surface area contributed by atoms with Gasteiger partial charge in [-0.25, -0.2) is 23.4 Å². The van der Waals surface area contributed by atoms with Gasteiger partial charge < -0.3 is 15.2 Å². The van der Waals surface area contributed by atoms with E-state index in [2.05, 4.69) is 15.0 Å². The summed E-state index contributed by atoms with van der Waals surface area (Å²) in [5, 5.41) is 11.6. The van der Waals surface area contributed by atoms with E-state index in [0.29, 0.717) is 0 Å². The summed E-state index contributed by atoms with van der Waals surface area (Å²) >= 11 is 0. The lowest BCUT2D eigenvalue weighted by atomic mass is 10.0. The van der Waals surface area contributed by atoms with Crippen LogP contribution >= 0.6 is 0 Å². The van der Waals surface area contributed by atoms with Crippen LogP contribution in [0.5, 0.6) is 0 Å². The van der Waals surface area contributed by atoms with E-state index in [1.165, 1.54) is 0 Å². The molecule has 0 atom stereocenters. The monoisotopic (exact) mass is 368 g/mol. The Balaban J connectivity index is 2.79. The molecule has 0 bridgehead atoms. The molecule has 1 aliphatic carbocycles. The lowest BCUT2D eigenvalue weighted by molar-refractivity contribution is -0.142. The fraction of sp³-hybridized carbons (Fsp3) is 0.500. The third-order valence-electron chi connectivity index (χ3n) is 3.57. The Labute approximate surface area is 138 Å². The van der Waals surface area contributed by atoms with Crippen molar-refractivity contribution in [3.05, 3.63) is 22.5 Å².